The van der Waals surface area contributed by atoms with E-state index in [1.54, 1.807) is 0 Å². The number of nitrogens with two attached hydrogens (primary N) is 1. The van der Waals surface area contributed by atoms with Gasteiger partial charge in [0.25, 0.3) is 0 Å². The first-order chi connectivity index (χ1) is 8.24. The van der Waals surface area contributed by atoms with Crippen molar-refractivity contribution in [3.63, 3.8) is 0 Å². The lowest BCUT2D eigenvalue weighted by atomic mass is 10.0. The summed E-state index contributed by atoms with van der Waals surface area (Å²) in [5.74, 6) is 0. The van der Waals surface area contributed by atoms with Gasteiger partial charge in [-0.15, -0.1) is 13.2 Å². The van der Waals surface area contributed by atoms with E-state index in [0.717, 1.165) is 19.5 Å². The quantitative estimate of drug-likeness (QED) is 0.728. The zero-order valence-electron chi connectivity index (χ0n) is 10.6. The highest BCUT2D eigenvalue weighted by Gasteiger charge is 2.12. The third-order valence-corrected chi connectivity index (χ3v) is 2.82. The molecule has 17 heavy (non-hydrogen) atoms. The number of hydrogen-bond donors (Lipinski definition) is 1. The lowest BCUT2D eigenvalue weighted by Gasteiger charge is -2.26. The van der Waals surface area contributed by atoms with Crippen LogP contribution in [-0.4, -0.2) is 13.1 Å². The van der Waals surface area contributed by atoms with Crippen molar-refractivity contribution in [3.05, 3.63) is 55.1 Å². The highest BCUT2D eigenvalue weighted by atomic mass is 15.1. The monoisotopic (exact) mass is 230 g/mol. The molecule has 0 saturated carbocycles. The maximum Gasteiger partial charge on any atom is 0.0420 e. The van der Waals surface area contributed by atoms with Crippen molar-refractivity contribution in [3.8, 4) is 0 Å². The van der Waals surface area contributed by atoms with Gasteiger partial charge in [-0.05, 0) is 18.1 Å². The van der Waals surface area contributed by atoms with Crippen molar-refractivity contribution in [2.45, 2.75) is 19.4 Å². The van der Waals surface area contributed by atoms with Gasteiger partial charge in [-0.25, -0.2) is 0 Å². The molecule has 0 spiro atoms. The molecule has 0 heterocycles. The minimum absolute atomic E-state index is 0.0864. The largest absolute Gasteiger partial charge is 0.364 e. The van der Waals surface area contributed by atoms with E-state index in [4.69, 9.17) is 5.73 Å². The Balaban J connectivity index is 3.07. The van der Waals surface area contributed by atoms with Gasteiger partial charge in [0.15, 0.2) is 0 Å². The molecule has 2 N–H and O–H groups in total. The third-order valence-electron chi connectivity index (χ3n) is 2.82. The normalized spacial score (nSPS) is 11.9. The predicted molar refractivity (Wildman–Crippen MR) is 76.3 cm³/mol. The van der Waals surface area contributed by atoms with Crippen LogP contribution in [0.1, 0.15) is 24.9 Å². The number of rotatable bonds is 7. The number of anilines is 1. The van der Waals surface area contributed by atoms with E-state index < -0.39 is 0 Å². The minimum atomic E-state index is 0.0864. The SMILES string of the molecule is C=CCN(CC=C)c1ccccc1[C@@H](N)CC. The van der Waals surface area contributed by atoms with Crippen molar-refractivity contribution in [2.75, 3.05) is 18.0 Å². The second kappa shape index (κ2) is 6.92. The van der Waals surface area contributed by atoms with Crippen LogP contribution in [0.4, 0.5) is 5.69 Å². The molecule has 1 atom stereocenters. The molecule has 0 radical (unpaired) electrons. The molecule has 1 aromatic carbocycles. The second-order valence-electron chi connectivity index (χ2n) is 4.06. The smallest absolute Gasteiger partial charge is 0.0420 e. The van der Waals surface area contributed by atoms with E-state index in [2.05, 4.69) is 37.1 Å². The van der Waals surface area contributed by atoms with Crippen LogP contribution in [0.2, 0.25) is 0 Å². The van der Waals surface area contributed by atoms with Crippen molar-refractivity contribution in [2.24, 2.45) is 5.73 Å². The average molecular weight is 230 g/mol. The van der Waals surface area contributed by atoms with Gasteiger partial charge < -0.3 is 10.6 Å². The van der Waals surface area contributed by atoms with Crippen molar-refractivity contribution >= 4 is 5.69 Å². The number of para-hydroxylation sites is 1. The van der Waals surface area contributed by atoms with E-state index in [0.29, 0.717) is 0 Å². The Morgan fingerprint density at radius 1 is 1.24 bits per heavy atom. The van der Waals surface area contributed by atoms with Gasteiger partial charge in [-0.1, -0.05) is 37.3 Å². The van der Waals surface area contributed by atoms with Gasteiger partial charge in [0.1, 0.15) is 0 Å². The van der Waals surface area contributed by atoms with Gasteiger partial charge in [0.2, 0.25) is 0 Å². The van der Waals surface area contributed by atoms with Crippen LogP contribution in [-0.2, 0) is 0 Å². The van der Waals surface area contributed by atoms with E-state index in [1.807, 2.05) is 24.3 Å². The van der Waals surface area contributed by atoms with Crippen LogP contribution in [0.3, 0.4) is 0 Å². The molecule has 0 aromatic heterocycles. The summed E-state index contributed by atoms with van der Waals surface area (Å²) in [4.78, 5) is 2.23. The number of benzene rings is 1. The second-order valence-corrected chi connectivity index (χ2v) is 4.06. The first-order valence-corrected chi connectivity index (χ1v) is 6.05. The van der Waals surface area contributed by atoms with E-state index >= 15 is 0 Å². The zero-order chi connectivity index (χ0) is 12.7. The molecule has 0 fully saturated rings. The molecule has 2 nitrogen and oxygen atoms in total. The fourth-order valence-electron chi connectivity index (χ4n) is 1.89. The van der Waals surface area contributed by atoms with Crippen LogP contribution in [0.5, 0.6) is 0 Å². The molecule has 0 aliphatic heterocycles. The Kier molecular flexibility index (Phi) is 5.50. The van der Waals surface area contributed by atoms with Gasteiger partial charge in [-0.3, -0.25) is 0 Å². The summed E-state index contributed by atoms with van der Waals surface area (Å²) in [5.41, 5.74) is 8.52. The molecular weight excluding hydrogens is 208 g/mol. The fourth-order valence-corrected chi connectivity index (χ4v) is 1.89. The van der Waals surface area contributed by atoms with Crippen LogP contribution < -0.4 is 10.6 Å². The molecule has 0 bridgehead atoms. The topological polar surface area (TPSA) is 29.3 Å². The Bertz CT molecular complexity index is 361. The summed E-state index contributed by atoms with van der Waals surface area (Å²) in [6, 6.07) is 8.37. The Morgan fingerprint density at radius 3 is 2.35 bits per heavy atom. The summed E-state index contributed by atoms with van der Waals surface area (Å²) in [6.07, 6.45) is 4.74. The minimum Gasteiger partial charge on any atom is -0.364 e. The van der Waals surface area contributed by atoms with E-state index in [-0.39, 0.29) is 6.04 Å². The highest BCUT2D eigenvalue weighted by Crippen LogP contribution is 2.26. The Morgan fingerprint density at radius 2 is 1.82 bits per heavy atom. The first-order valence-electron chi connectivity index (χ1n) is 6.05. The molecule has 92 valence electrons. The standard InChI is InChI=1S/C15H22N2/c1-4-11-17(12-5-2)15-10-8-7-9-13(15)14(16)6-3/h4-5,7-10,14H,1-2,6,11-12,16H2,3H3/t14-/m0/s1. The first kappa shape index (κ1) is 13.5. The molecule has 0 amide bonds. The lowest BCUT2D eigenvalue weighted by Crippen LogP contribution is -2.25. The third kappa shape index (κ3) is 3.46. The number of hydrogen-bond acceptors (Lipinski definition) is 2. The predicted octanol–water partition coefficient (Wildman–Crippen LogP) is 3.27. The van der Waals surface area contributed by atoms with Crippen molar-refractivity contribution < 1.29 is 0 Å². The van der Waals surface area contributed by atoms with E-state index in [9.17, 15) is 0 Å². The van der Waals surface area contributed by atoms with Gasteiger partial charge >= 0.3 is 0 Å². The van der Waals surface area contributed by atoms with Crippen molar-refractivity contribution in [1.82, 2.24) is 0 Å². The average Bonchev–Trinajstić information content (AvgIpc) is 2.37. The van der Waals surface area contributed by atoms with Gasteiger partial charge in [-0.2, -0.15) is 0 Å². The van der Waals surface area contributed by atoms with Crippen LogP contribution in [0.15, 0.2) is 49.6 Å². The molecule has 0 saturated heterocycles. The van der Waals surface area contributed by atoms with Gasteiger partial charge in [0.05, 0.1) is 0 Å². The van der Waals surface area contributed by atoms with Crippen molar-refractivity contribution in [1.29, 1.82) is 0 Å². The zero-order valence-corrected chi connectivity index (χ0v) is 10.6. The van der Waals surface area contributed by atoms with Crippen LogP contribution in [0.25, 0.3) is 0 Å². The molecule has 2 heteroatoms. The van der Waals surface area contributed by atoms with E-state index in [1.165, 1.54) is 11.3 Å². The summed E-state index contributed by atoms with van der Waals surface area (Å²) >= 11 is 0. The summed E-state index contributed by atoms with van der Waals surface area (Å²) in [7, 11) is 0. The molecule has 0 unspecified atom stereocenters. The fraction of sp³-hybridized carbons (Fsp3) is 0.333. The van der Waals surface area contributed by atoms with Gasteiger partial charge in [0, 0.05) is 24.8 Å². The Labute approximate surface area is 104 Å². The molecule has 1 rings (SSSR count). The molecule has 0 aliphatic carbocycles. The highest BCUT2D eigenvalue weighted by molar-refractivity contribution is 5.55. The van der Waals surface area contributed by atoms with Crippen LogP contribution >= 0.6 is 0 Å². The maximum atomic E-state index is 6.15. The van der Waals surface area contributed by atoms with Crippen LogP contribution in [0, 0.1) is 0 Å². The summed E-state index contributed by atoms with van der Waals surface area (Å²) in [5, 5.41) is 0. The molecular formula is C15H22N2. The number of nitrogens with zero attached hydrogens (tertiary/aromatic N) is 1. The maximum absolute atomic E-state index is 6.15. The molecule has 0 aliphatic rings. The Hall–Kier alpha value is -1.54. The molecule has 1 aromatic rings. The summed E-state index contributed by atoms with van der Waals surface area (Å²) < 4.78 is 0. The lowest BCUT2D eigenvalue weighted by molar-refractivity contribution is 0.695. The summed E-state index contributed by atoms with van der Waals surface area (Å²) in [6.45, 7) is 11.3.